The Morgan fingerprint density at radius 3 is 2.64 bits per heavy atom. The molecule has 0 bridgehead atoms. The van der Waals surface area contributed by atoms with Crippen LogP contribution in [-0.4, -0.2) is 16.2 Å². The molecular weight excluding hydrogens is 189 g/mol. The van der Waals surface area contributed by atoms with Crippen molar-refractivity contribution in [3.63, 3.8) is 0 Å². The van der Waals surface area contributed by atoms with E-state index in [1.54, 1.807) is 0 Å². The molecule has 1 rings (SSSR count). The Balaban J connectivity index is 3.33. The van der Waals surface area contributed by atoms with Crippen molar-refractivity contribution in [3.8, 4) is 5.75 Å². The summed E-state index contributed by atoms with van der Waals surface area (Å²) in [6, 6.07) is 3.59. The molecule has 1 unspecified atom stereocenters. The average Bonchev–Trinajstić information content (AvgIpc) is 2.09. The van der Waals surface area contributed by atoms with Gasteiger partial charge in [-0.05, 0) is 13.0 Å². The molecule has 1 aromatic rings. The van der Waals surface area contributed by atoms with Crippen molar-refractivity contribution in [2.75, 3.05) is 0 Å². The molecule has 4 N–H and O–H groups in total. The summed E-state index contributed by atoms with van der Waals surface area (Å²) in [6.07, 6.45) is 0. The Bertz CT molecular complexity index is 376. The molecule has 1 atom stereocenters. The highest BCUT2D eigenvalue weighted by Gasteiger charge is 2.33. The van der Waals surface area contributed by atoms with Crippen LogP contribution in [0.5, 0.6) is 5.75 Å². The van der Waals surface area contributed by atoms with Gasteiger partial charge in [0.2, 0.25) is 0 Å². The predicted octanol–water partition coefficient (Wildman–Crippen LogP) is 0.790. The third-order valence-electron chi connectivity index (χ3n) is 1.99. The first kappa shape index (κ1) is 10.5. The van der Waals surface area contributed by atoms with Crippen molar-refractivity contribution in [1.82, 2.24) is 0 Å². The Morgan fingerprint density at radius 1 is 1.57 bits per heavy atom. The second-order valence-corrected chi connectivity index (χ2v) is 3.14. The number of halogens is 1. The van der Waals surface area contributed by atoms with E-state index in [-0.39, 0.29) is 5.56 Å². The molecule has 5 heteroatoms. The van der Waals surface area contributed by atoms with Crippen LogP contribution < -0.4 is 5.73 Å². The van der Waals surface area contributed by atoms with Crippen LogP contribution in [0.25, 0.3) is 0 Å². The van der Waals surface area contributed by atoms with Gasteiger partial charge in [0.15, 0.2) is 11.6 Å². The number of aliphatic carboxylic acids is 1. The minimum absolute atomic E-state index is 0.148. The number of aromatic hydroxyl groups is 1. The molecule has 0 radical (unpaired) electrons. The number of rotatable bonds is 2. The molecular formula is C9H10FNO3. The lowest BCUT2D eigenvalue weighted by Gasteiger charge is -2.20. The van der Waals surface area contributed by atoms with Crippen LogP contribution >= 0.6 is 0 Å². The number of carbonyl (C=O) groups is 1. The van der Waals surface area contributed by atoms with E-state index in [9.17, 15) is 14.3 Å². The zero-order valence-corrected chi connectivity index (χ0v) is 7.49. The van der Waals surface area contributed by atoms with Crippen molar-refractivity contribution < 1.29 is 19.4 Å². The van der Waals surface area contributed by atoms with E-state index in [2.05, 4.69) is 0 Å². The van der Waals surface area contributed by atoms with Crippen molar-refractivity contribution in [3.05, 3.63) is 29.6 Å². The number of hydrogen-bond donors (Lipinski definition) is 3. The monoisotopic (exact) mass is 199 g/mol. The van der Waals surface area contributed by atoms with E-state index < -0.39 is 23.1 Å². The molecule has 0 aliphatic rings. The number of phenolic OH excluding ortho intramolecular Hbond substituents is 1. The Hall–Kier alpha value is -1.62. The Labute approximate surface area is 79.8 Å². The van der Waals surface area contributed by atoms with Crippen LogP contribution in [0.2, 0.25) is 0 Å². The van der Waals surface area contributed by atoms with Gasteiger partial charge in [-0.15, -0.1) is 0 Å². The zero-order chi connectivity index (χ0) is 10.9. The Kier molecular flexibility index (Phi) is 2.44. The summed E-state index contributed by atoms with van der Waals surface area (Å²) in [5.74, 6) is -2.95. The molecule has 14 heavy (non-hydrogen) atoms. The summed E-state index contributed by atoms with van der Waals surface area (Å²) in [6.45, 7) is 1.18. The number of phenols is 1. The average molecular weight is 199 g/mol. The van der Waals surface area contributed by atoms with Crippen LogP contribution in [0.1, 0.15) is 12.5 Å². The van der Waals surface area contributed by atoms with E-state index >= 15 is 0 Å². The second-order valence-electron chi connectivity index (χ2n) is 3.14. The number of carboxylic acid groups (broad SMARTS) is 1. The highest BCUT2D eigenvalue weighted by molar-refractivity contribution is 5.81. The van der Waals surface area contributed by atoms with Crippen LogP contribution in [0.15, 0.2) is 18.2 Å². The molecule has 0 fully saturated rings. The third kappa shape index (κ3) is 1.54. The van der Waals surface area contributed by atoms with Crippen molar-refractivity contribution in [1.29, 1.82) is 0 Å². The van der Waals surface area contributed by atoms with E-state index in [0.717, 1.165) is 6.07 Å². The first-order chi connectivity index (χ1) is 6.37. The summed E-state index contributed by atoms with van der Waals surface area (Å²) >= 11 is 0. The number of carboxylic acids is 1. The normalized spacial score (nSPS) is 14.8. The molecule has 4 nitrogen and oxygen atoms in total. The molecule has 76 valence electrons. The van der Waals surface area contributed by atoms with Gasteiger partial charge < -0.3 is 15.9 Å². The van der Waals surface area contributed by atoms with Gasteiger partial charge in [0.05, 0.1) is 0 Å². The molecule has 0 aromatic heterocycles. The second kappa shape index (κ2) is 3.26. The minimum Gasteiger partial charge on any atom is -0.505 e. The molecule has 0 heterocycles. The van der Waals surface area contributed by atoms with Gasteiger partial charge in [-0.2, -0.15) is 0 Å². The van der Waals surface area contributed by atoms with Gasteiger partial charge in [0.1, 0.15) is 5.54 Å². The molecule has 0 saturated heterocycles. The zero-order valence-electron chi connectivity index (χ0n) is 7.49. The van der Waals surface area contributed by atoms with Crippen LogP contribution in [-0.2, 0) is 10.3 Å². The largest absolute Gasteiger partial charge is 0.505 e. The van der Waals surface area contributed by atoms with E-state index in [1.807, 2.05) is 0 Å². The molecule has 1 aromatic carbocycles. The maximum Gasteiger partial charge on any atom is 0.328 e. The van der Waals surface area contributed by atoms with Gasteiger partial charge >= 0.3 is 5.97 Å². The Morgan fingerprint density at radius 2 is 2.14 bits per heavy atom. The molecule has 0 saturated carbocycles. The van der Waals surface area contributed by atoms with Gasteiger partial charge in [-0.3, -0.25) is 0 Å². The fourth-order valence-electron chi connectivity index (χ4n) is 1.05. The molecule has 0 aliphatic carbocycles. The first-order valence-electron chi connectivity index (χ1n) is 3.87. The lowest BCUT2D eigenvalue weighted by atomic mass is 9.92. The van der Waals surface area contributed by atoms with Crippen LogP contribution in [0.4, 0.5) is 4.39 Å². The predicted molar refractivity (Wildman–Crippen MR) is 47.2 cm³/mol. The fraction of sp³-hybridized carbons (Fsp3) is 0.222. The quantitative estimate of drug-likeness (QED) is 0.657. The van der Waals surface area contributed by atoms with Crippen LogP contribution in [0.3, 0.4) is 0 Å². The van der Waals surface area contributed by atoms with Gasteiger partial charge in [-0.1, -0.05) is 12.1 Å². The highest BCUT2D eigenvalue weighted by Crippen LogP contribution is 2.29. The number of hydrogen-bond acceptors (Lipinski definition) is 3. The highest BCUT2D eigenvalue weighted by atomic mass is 19.1. The number of para-hydroxylation sites is 1. The van der Waals surface area contributed by atoms with Crippen molar-refractivity contribution >= 4 is 5.97 Å². The van der Waals surface area contributed by atoms with E-state index in [1.165, 1.54) is 19.1 Å². The standard InChI is InChI=1S/C9H10FNO3/c1-9(11,8(13)14)5-3-2-4-6(10)7(5)12/h2-4,12H,11H2,1H3,(H,13,14). The molecule has 0 amide bonds. The maximum absolute atomic E-state index is 12.9. The summed E-state index contributed by atoms with van der Waals surface area (Å²) < 4.78 is 12.9. The molecule has 0 aliphatic heterocycles. The maximum atomic E-state index is 12.9. The molecule has 0 spiro atoms. The topological polar surface area (TPSA) is 83.6 Å². The van der Waals surface area contributed by atoms with Gasteiger partial charge in [0, 0.05) is 5.56 Å². The first-order valence-corrected chi connectivity index (χ1v) is 3.87. The number of nitrogens with two attached hydrogens (primary N) is 1. The van der Waals surface area contributed by atoms with Crippen LogP contribution in [0, 0.1) is 5.82 Å². The van der Waals surface area contributed by atoms with Gasteiger partial charge in [-0.25, -0.2) is 9.18 Å². The summed E-state index contributed by atoms with van der Waals surface area (Å²) in [5.41, 5.74) is 3.48. The summed E-state index contributed by atoms with van der Waals surface area (Å²) in [4.78, 5) is 10.7. The smallest absolute Gasteiger partial charge is 0.328 e. The van der Waals surface area contributed by atoms with Gasteiger partial charge in [0.25, 0.3) is 0 Å². The summed E-state index contributed by atoms with van der Waals surface area (Å²) in [7, 11) is 0. The van der Waals surface area contributed by atoms with Crippen molar-refractivity contribution in [2.24, 2.45) is 5.73 Å². The van der Waals surface area contributed by atoms with E-state index in [0.29, 0.717) is 0 Å². The fourth-order valence-corrected chi connectivity index (χ4v) is 1.05. The van der Waals surface area contributed by atoms with E-state index in [4.69, 9.17) is 10.8 Å². The minimum atomic E-state index is -1.80. The SMILES string of the molecule is CC(N)(C(=O)O)c1cccc(F)c1O. The number of benzene rings is 1. The lowest BCUT2D eigenvalue weighted by Crippen LogP contribution is -2.41. The van der Waals surface area contributed by atoms with Crippen molar-refractivity contribution in [2.45, 2.75) is 12.5 Å². The summed E-state index contributed by atoms with van der Waals surface area (Å²) in [5, 5.41) is 18.0. The lowest BCUT2D eigenvalue weighted by molar-refractivity contribution is -0.143. The third-order valence-corrected chi connectivity index (χ3v) is 1.99.